The third-order valence-electron chi connectivity index (χ3n) is 3.85. The minimum Gasteiger partial charge on any atom is -0.325 e. The summed E-state index contributed by atoms with van der Waals surface area (Å²) in [5.74, 6) is 0.779. The predicted octanol–water partition coefficient (Wildman–Crippen LogP) is 3.32. The summed E-state index contributed by atoms with van der Waals surface area (Å²) in [6.07, 6.45) is 2.58. The highest BCUT2D eigenvalue weighted by Gasteiger charge is 2.30. The summed E-state index contributed by atoms with van der Waals surface area (Å²) in [5.41, 5.74) is 1.77. The molecule has 4 heteroatoms. The van der Waals surface area contributed by atoms with Crippen LogP contribution in [0.25, 0.3) is 0 Å². The van der Waals surface area contributed by atoms with Crippen molar-refractivity contribution in [1.29, 1.82) is 0 Å². The van der Waals surface area contributed by atoms with Crippen molar-refractivity contribution in [3.05, 3.63) is 28.8 Å². The van der Waals surface area contributed by atoms with E-state index in [1.165, 1.54) is 12.8 Å². The lowest BCUT2D eigenvalue weighted by Gasteiger charge is -2.23. The molecule has 0 aromatic heterocycles. The maximum Gasteiger partial charge on any atom is 0.238 e. The smallest absolute Gasteiger partial charge is 0.238 e. The number of hydrogen-bond acceptors (Lipinski definition) is 2. The lowest BCUT2D eigenvalue weighted by molar-refractivity contribution is -0.117. The molecule has 2 rings (SSSR count). The zero-order chi connectivity index (χ0) is 14.0. The molecule has 0 aliphatic heterocycles. The average Bonchev–Trinajstić information content (AvgIpc) is 3.17. The van der Waals surface area contributed by atoms with Crippen LogP contribution < -0.4 is 5.32 Å². The van der Waals surface area contributed by atoms with Gasteiger partial charge in [0.25, 0.3) is 0 Å². The Morgan fingerprint density at radius 3 is 2.79 bits per heavy atom. The van der Waals surface area contributed by atoms with E-state index in [0.717, 1.165) is 17.2 Å². The highest BCUT2D eigenvalue weighted by molar-refractivity contribution is 6.31. The first-order chi connectivity index (χ1) is 8.97. The van der Waals surface area contributed by atoms with Gasteiger partial charge in [0.2, 0.25) is 5.91 Å². The summed E-state index contributed by atoms with van der Waals surface area (Å²) in [6.45, 7) is 4.55. The highest BCUT2D eigenvalue weighted by Crippen LogP contribution is 2.34. The van der Waals surface area contributed by atoms with Gasteiger partial charge < -0.3 is 5.32 Å². The zero-order valence-electron chi connectivity index (χ0n) is 11.7. The Morgan fingerprint density at radius 2 is 2.21 bits per heavy atom. The van der Waals surface area contributed by atoms with Crippen molar-refractivity contribution in [2.75, 3.05) is 18.9 Å². The molecule has 1 fully saturated rings. The third-order valence-corrected chi connectivity index (χ3v) is 4.26. The fraction of sp³-hybridized carbons (Fsp3) is 0.533. The second kappa shape index (κ2) is 5.93. The summed E-state index contributed by atoms with van der Waals surface area (Å²) in [4.78, 5) is 14.1. The molecule has 1 aliphatic carbocycles. The van der Waals surface area contributed by atoms with Gasteiger partial charge in [-0.2, -0.15) is 0 Å². The van der Waals surface area contributed by atoms with Gasteiger partial charge in [-0.15, -0.1) is 0 Å². The van der Waals surface area contributed by atoms with Gasteiger partial charge in [-0.05, 0) is 57.4 Å². The van der Waals surface area contributed by atoms with Crippen molar-refractivity contribution < 1.29 is 4.79 Å². The fourth-order valence-electron chi connectivity index (χ4n) is 2.18. The number of nitrogens with one attached hydrogen (secondary N) is 1. The number of carbonyl (C=O) groups is 1. The van der Waals surface area contributed by atoms with Crippen LogP contribution in [0.2, 0.25) is 5.02 Å². The molecule has 1 aromatic rings. The topological polar surface area (TPSA) is 32.3 Å². The number of rotatable bonds is 5. The first-order valence-electron chi connectivity index (χ1n) is 6.73. The van der Waals surface area contributed by atoms with Crippen molar-refractivity contribution in [1.82, 2.24) is 4.90 Å². The van der Waals surface area contributed by atoms with E-state index in [1.54, 1.807) is 6.07 Å². The zero-order valence-corrected chi connectivity index (χ0v) is 12.5. The molecule has 1 N–H and O–H groups in total. The van der Waals surface area contributed by atoms with E-state index in [4.69, 9.17) is 11.6 Å². The number of nitrogens with zero attached hydrogens (tertiary/aromatic N) is 1. The molecule has 0 saturated heterocycles. The van der Waals surface area contributed by atoms with Crippen LogP contribution in [0, 0.1) is 12.8 Å². The van der Waals surface area contributed by atoms with Crippen LogP contribution in [0.15, 0.2) is 18.2 Å². The van der Waals surface area contributed by atoms with Gasteiger partial charge in [-0.3, -0.25) is 9.69 Å². The minimum absolute atomic E-state index is 0.00918. The Morgan fingerprint density at radius 1 is 1.53 bits per heavy atom. The molecule has 0 spiro atoms. The van der Waals surface area contributed by atoms with Gasteiger partial charge in [-0.1, -0.05) is 17.7 Å². The second-order valence-electron chi connectivity index (χ2n) is 5.51. The van der Waals surface area contributed by atoms with Crippen molar-refractivity contribution in [3.63, 3.8) is 0 Å². The van der Waals surface area contributed by atoms with E-state index >= 15 is 0 Å². The number of anilines is 1. The number of benzene rings is 1. The molecule has 3 nitrogen and oxygen atoms in total. The van der Waals surface area contributed by atoms with Gasteiger partial charge in [0.15, 0.2) is 0 Å². The number of hydrogen-bond donors (Lipinski definition) is 1. The molecule has 19 heavy (non-hydrogen) atoms. The molecular formula is C15H21ClN2O. The van der Waals surface area contributed by atoms with Crippen LogP contribution >= 0.6 is 11.6 Å². The van der Waals surface area contributed by atoms with E-state index in [1.807, 2.05) is 26.1 Å². The summed E-state index contributed by atoms with van der Waals surface area (Å²) >= 11 is 6.04. The SMILES string of the molecule is Cc1ccc(NC(=O)CN(C)[C@H](C)C2CC2)cc1Cl. The van der Waals surface area contributed by atoms with Gasteiger partial charge in [0.1, 0.15) is 0 Å². The standard InChI is InChI=1S/C15H21ClN2O/c1-10-4-7-13(8-14(10)16)17-15(19)9-18(3)11(2)12-5-6-12/h4,7-8,11-12H,5-6,9H2,1-3H3,(H,17,19)/t11-/m1/s1. The predicted molar refractivity (Wildman–Crippen MR) is 79.6 cm³/mol. The average molecular weight is 281 g/mol. The summed E-state index contributed by atoms with van der Waals surface area (Å²) in [5, 5.41) is 3.57. The van der Waals surface area contributed by atoms with Crippen LogP contribution in [0.4, 0.5) is 5.69 Å². The van der Waals surface area contributed by atoms with Gasteiger partial charge >= 0.3 is 0 Å². The molecule has 1 aromatic carbocycles. The van der Waals surface area contributed by atoms with E-state index in [-0.39, 0.29) is 5.91 Å². The molecular weight excluding hydrogens is 260 g/mol. The Balaban J connectivity index is 1.87. The van der Waals surface area contributed by atoms with E-state index in [2.05, 4.69) is 17.1 Å². The summed E-state index contributed by atoms with van der Waals surface area (Å²) in [6, 6.07) is 6.06. The van der Waals surface area contributed by atoms with Gasteiger partial charge in [0, 0.05) is 16.8 Å². The van der Waals surface area contributed by atoms with Crippen molar-refractivity contribution in [2.45, 2.75) is 32.7 Å². The quantitative estimate of drug-likeness (QED) is 0.897. The van der Waals surface area contributed by atoms with E-state index in [9.17, 15) is 4.79 Å². The number of likely N-dealkylation sites (N-methyl/N-ethyl adjacent to an activating group) is 1. The van der Waals surface area contributed by atoms with Crippen molar-refractivity contribution in [2.24, 2.45) is 5.92 Å². The Bertz CT molecular complexity index is 471. The van der Waals surface area contributed by atoms with E-state index in [0.29, 0.717) is 17.6 Å². The third kappa shape index (κ3) is 3.95. The number of amides is 1. The van der Waals surface area contributed by atoms with Crippen molar-refractivity contribution >= 4 is 23.2 Å². The lowest BCUT2D eigenvalue weighted by atomic mass is 10.2. The van der Waals surface area contributed by atoms with Crippen LogP contribution in [-0.2, 0) is 4.79 Å². The molecule has 0 bridgehead atoms. The molecule has 0 unspecified atom stereocenters. The van der Waals surface area contributed by atoms with Crippen LogP contribution in [0.5, 0.6) is 0 Å². The normalized spacial score (nSPS) is 16.5. The minimum atomic E-state index is 0.00918. The van der Waals surface area contributed by atoms with E-state index < -0.39 is 0 Å². The largest absolute Gasteiger partial charge is 0.325 e. The molecule has 104 valence electrons. The maximum atomic E-state index is 12.0. The first-order valence-corrected chi connectivity index (χ1v) is 7.11. The Hall–Kier alpha value is -1.06. The van der Waals surface area contributed by atoms with Crippen LogP contribution in [0.1, 0.15) is 25.3 Å². The molecule has 1 amide bonds. The molecule has 0 radical (unpaired) electrons. The number of halogens is 1. The number of aryl methyl sites for hydroxylation is 1. The second-order valence-corrected chi connectivity index (χ2v) is 5.91. The monoisotopic (exact) mass is 280 g/mol. The first kappa shape index (κ1) is 14.4. The summed E-state index contributed by atoms with van der Waals surface area (Å²) in [7, 11) is 2.00. The van der Waals surface area contributed by atoms with Gasteiger partial charge in [-0.25, -0.2) is 0 Å². The van der Waals surface area contributed by atoms with Gasteiger partial charge in [0.05, 0.1) is 6.54 Å². The molecule has 1 saturated carbocycles. The Kier molecular flexibility index (Phi) is 4.48. The summed E-state index contributed by atoms with van der Waals surface area (Å²) < 4.78 is 0. The number of carbonyl (C=O) groups excluding carboxylic acids is 1. The lowest BCUT2D eigenvalue weighted by Crippen LogP contribution is -2.37. The van der Waals surface area contributed by atoms with Crippen LogP contribution in [0.3, 0.4) is 0 Å². The molecule has 0 heterocycles. The molecule has 1 atom stereocenters. The Labute approximate surface area is 119 Å². The fourth-order valence-corrected chi connectivity index (χ4v) is 2.36. The molecule has 1 aliphatic rings. The highest BCUT2D eigenvalue weighted by atomic mass is 35.5. The maximum absolute atomic E-state index is 12.0. The van der Waals surface area contributed by atoms with Crippen molar-refractivity contribution in [3.8, 4) is 0 Å². The van der Waals surface area contributed by atoms with Crippen LogP contribution in [-0.4, -0.2) is 30.4 Å².